The standard InChI is InChI=1S/C25H34N6O/c1-16(2)13-21(23-28-20-10-6-7-11-22(20)30(23)5)29-24(32)19-9-8-12-31(15-19)25-26-17(3)14-18(4)27-25/h6-7,10-11,14,16,19,21H,8-9,12-13,15H2,1-5H3,(H,29,32)/t19-,21-/m0/s1. The summed E-state index contributed by atoms with van der Waals surface area (Å²) in [5, 5.41) is 3.34. The number of fused-ring (bicyclic) bond motifs is 1. The van der Waals surface area contributed by atoms with Crippen molar-refractivity contribution in [1.29, 1.82) is 0 Å². The summed E-state index contributed by atoms with van der Waals surface area (Å²) in [4.78, 5) is 29.6. The van der Waals surface area contributed by atoms with Crippen LogP contribution in [-0.2, 0) is 11.8 Å². The molecule has 1 fully saturated rings. The predicted octanol–water partition coefficient (Wildman–Crippen LogP) is 4.10. The van der Waals surface area contributed by atoms with Crippen LogP contribution in [0.2, 0.25) is 0 Å². The Labute approximate surface area is 190 Å². The smallest absolute Gasteiger partial charge is 0.225 e. The molecule has 0 unspecified atom stereocenters. The second-order valence-corrected chi connectivity index (χ2v) is 9.44. The van der Waals surface area contributed by atoms with Gasteiger partial charge in [-0.25, -0.2) is 15.0 Å². The van der Waals surface area contributed by atoms with Gasteiger partial charge in [-0.3, -0.25) is 4.79 Å². The van der Waals surface area contributed by atoms with Gasteiger partial charge in [-0.2, -0.15) is 0 Å². The Morgan fingerprint density at radius 1 is 1.16 bits per heavy atom. The van der Waals surface area contributed by atoms with Crippen molar-refractivity contribution >= 4 is 22.9 Å². The van der Waals surface area contributed by atoms with Crippen molar-refractivity contribution in [3.05, 3.63) is 47.5 Å². The second-order valence-electron chi connectivity index (χ2n) is 9.44. The van der Waals surface area contributed by atoms with E-state index in [-0.39, 0.29) is 17.9 Å². The van der Waals surface area contributed by atoms with Crippen LogP contribution in [0.15, 0.2) is 30.3 Å². The van der Waals surface area contributed by atoms with Gasteiger partial charge in [0.15, 0.2) is 0 Å². The summed E-state index contributed by atoms with van der Waals surface area (Å²) in [5.41, 5.74) is 3.96. The highest BCUT2D eigenvalue weighted by atomic mass is 16.2. The molecule has 0 saturated carbocycles. The zero-order valence-corrected chi connectivity index (χ0v) is 19.8. The highest BCUT2D eigenvalue weighted by Crippen LogP contribution is 2.27. The largest absolute Gasteiger partial charge is 0.346 e. The van der Waals surface area contributed by atoms with Crippen LogP contribution < -0.4 is 10.2 Å². The number of anilines is 1. The topological polar surface area (TPSA) is 75.9 Å². The van der Waals surface area contributed by atoms with Crippen molar-refractivity contribution in [3.63, 3.8) is 0 Å². The molecule has 0 aliphatic carbocycles. The van der Waals surface area contributed by atoms with Crippen molar-refractivity contribution in [1.82, 2.24) is 24.8 Å². The van der Waals surface area contributed by atoms with Gasteiger partial charge in [0.2, 0.25) is 11.9 Å². The van der Waals surface area contributed by atoms with Crippen molar-refractivity contribution in [2.75, 3.05) is 18.0 Å². The van der Waals surface area contributed by atoms with E-state index in [0.717, 1.165) is 60.0 Å². The molecule has 1 saturated heterocycles. The van der Waals surface area contributed by atoms with Gasteiger partial charge >= 0.3 is 0 Å². The summed E-state index contributed by atoms with van der Waals surface area (Å²) in [6.07, 6.45) is 2.68. The number of hydrogen-bond acceptors (Lipinski definition) is 5. The Bertz CT molecular complexity index is 1080. The Kier molecular flexibility index (Phi) is 6.44. The minimum absolute atomic E-state index is 0.0856. The molecule has 1 aromatic carbocycles. The molecule has 7 heteroatoms. The van der Waals surface area contributed by atoms with Gasteiger partial charge in [0, 0.05) is 31.5 Å². The number of carbonyl (C=O) groups excluding carboxylic acids is 1. The fourth-order valence-electron chi connectivity index (χ4n) is 4.69. The third kappa shape index (κ3) is 4.76. The fraction of sp³-hybridized carbons (Fsp3) is 0.520. The number of nitrogens with one attached hydrogen (secondary N) is 1. The van der Waals surface area contributed by atoms with E-state index < -0.39 is 0 Å². The van der Waals surface area contributed by atoms with Crippen LogP contribution in [0.25, 0.3) is 11.0 Å². The zero-order chi connectivity index (χ0) is 22.8. The van der Waals surface area contributed by atoms with Crippen molar-refractivity contribution in [2.45, 2.75) is 53.0 Å². The highest BCUT2D eigenvalue weighted by Gasteiger charge is 2.30. The van der Waals surface area contributed by atoms with E-state index >= 15 is 0 Å². The number of carbonyl (C=O) groups is 1. The van der Waals surface area contributed by atoms with E-state index in [0.29, 0.717) is 12.5 Å². The summed E-state index contributed by atoms with van der Waals surface area (Å²) >= 11 is 0. The van der Waals surface area contributed by atoms with Crippen molar-refractivity contribution < 1.29 is 4.79 Å². The summed E-state index contributed by atoms with van der Waals surface area (Å²) in [6.45, 7) is 9.86. The van der Waals surface area contributed by atoms with Crippen molar-refractivity contribution in [2.24, 2.45) is 18.9 Å². The van der Waals surface area contributed by atoms with E-state index in [9.17, 15) is 4.79 Å². The number of aromatic nitrogens is 4. The quantitative estimate of drug-likeness (QED) is 0.632. The minimum Gasteiger partial charge on any atom is -0.346 e. The first-order valence-electron chi connectivity index (χ1n) is 11.6. The molecule has 0 bridgehead atoms. The number of para-hydroxylation sites is 2. The van der Waals surface area contributed by atoms with Crippen LogP contribution in [0, 0.1) is 25.7 Å². The molecule has 3 heterocycles. The number of imidazole rings is 1. The van der Waals surface area contributed by atoms with Gasteiger partial charge in [-0.15, -0.1) is 0 Å². The number of nitrogens with zero attached hydrogens (tertiary/aromatic N) is 5. The molecule has 2 aromatic heterocycles. The van der Waals surface area contributed by atoms with E-state index in [2.05, 4.69) is 44.7 Å². The summed E-state index contributed by atoms with van der Waals surface area (Å²) in [6, 6.07) is 9.98. The maximum Gasteiger partial charge on any atom is 0.225 e. The van der Waals surface area contributed by atoms with Crippen LogP contribution >= 0.6 is 0 Å². The Hall–Kier alpha value is -2.96. The summed E-state index contributed by atoms with van der Waals surface area (Å²) < 4.78 is 2.11. The number of piperidine rings is 1. The summed E-state index contributed by atoms with van der Waals surface area (Å²) in [7, 11) is 2.03. The maximum absolute atomic E-state index is 13.4. The normalized spacial score (nSPS) is 17.7. The molecule has 32 heavy (non-hydrogen) atoms. The predicted molar refractivity (Wildman–Crippen MR) is 127 cm³/mol. The first kappa shape index (κ1) is 22.2. The molecule has 1 aliphatic heterocycles. The second kappa shape index (κ2) is 9.27. The molecule has 1 amide bonds. The third-order valence-corrected chi connectivity index (χ3v) is 6.20. The average Bonchev–Trinajstić information content (AvgIpc) is 3.09. The number of aryl methyl sites for hydroxylation is 3. The van der Waals surface area contributed by atoms with E-state index in [1.165, 1.54) is 0 Å². The lowest BCUT2D eigenvalue weighted by molar-refractivity contribution is -0.126. The van der Waals surface area contributed by atoms with Gasteiger partial charge in [0.1, 0.15) is 5.82 Å². The van der Waals surface area contributed by atoms with Gasteiger partial charge < -0.3 is 14.8 Å². The van der Waals surface area contributed by atoms with Crippen LogP contribution in [0.3, 0.4) is 0 Å². The molecule has 7 nitrogen and oxygen atoms in total. The molecule has 4 rings (SSSR count). The van der Waals surface area contributed by atoms with Crippen LogP contribution in [0.1, 0.15) is 56.4 Å². The molecule has 1 aliphatic rings. The van der Waals surface area contributed by atoms with E-state index in [1.807, 2.05) is 45.2 Å². The Morgan fingerprint density at radius 3 is 2.56 bits per heavy atom. The monoisotopic (exact) mass is 434 g/mol. The molecule has 3 aromatic rings. The fourth-order valence-corrected chi connectivity index (χ4v) is 4.69. The third-order valence-electron chi connectivity index (χ3n) is 6.20. The molecular formula is C25H34N6O. The first-order chi connectivity index (χ1) is 15.3. The lowest BCUT2D eigenvalue weighted by Gasteiger charge is -2.33. The molecule has 1 N–H and O–H groups in total. The van der Waals surface area contributed by atoms with E-state index in [4.69, 9.17) is 4.98 Å². The summed E-state index contributed by atoms with van der Waals surface area (Å²) in [5.74, 6) is 2.09. The lowest BCUT2D eigenvalue weighted by Crippen LogP contribution is -2.45. The number of amides is 1. The number of rotatable bonds is 6. The van der Waals surface area contributed by atoms with Gasteiger partial charge in [0.25, 0.3) is 0 Å². The molecule has 0 radical (unpaired) electrons. The molecular weight excluding hydrogens is 400 g/mol. The van der Waals surface area contributed by atoms with Crippen LogP contribution in [-0.4, -0.2) is 38.5 Å². The van der Waals surface area contributed by atoms with Gasteiger partial charge in [-0.1, -0.05) is 26.0 Å². The lowest BCUT2D eigenvalue weighted by atomic mass is 9.96. The SMILES string of the molecule is Cc1cc(C)nc(N2CCC[C@H](C(=O)N[C@@H](CC(C)C)c3nc4ccccc4n3C)C2)n1. The highest BCUT2D eigenvalue weighted by molar-refractivity contribution is 5.80. The Balaban J connectivity index is 1.53. The van der Waals surface area contributed by atoms with Crippen molar-refractivity contribution in [3.8, 4) is 0 Å². The number of hydrogen-bond donors (Lipinski definition) is 1. The van der Waals surface area contributed by atoms with Gasteiger partial charge in [0.05, 0.1) is 23.0 Å². The van der Waals surface area contributed by atoms with Crippen LogP contribution in [0.4, 0.5) is 5.95 Å². The Morgan fingerprint density at radius 2 is 1.88 bits per heavy atom. The first-order valence-corrected chi connectivity index (χ1v) is 11.6. The average molecular weight is 435 g/mol. The molecule has 2 atom stereocenters. The van der Waals surface area contributed by atoms with Gasteiger partial charge in [-0.05, 0) is 57.2 Å². The van der Waals surface area contributed by atoms with E-state index in [1.54, 1.807) is 0 Å². The maximum atomic E-state index is 13.4. The van der Waals surface area contributed by atoms with Crippen LogP contribution in [0.5, 0.6) is 0 Å². The number of benzene rings is 1. The molecule has 170 valence electrons. The molecule has 0 spiro atoms. The minimum atomic E-state index is -0.118. The zero-order valence-electron chi connectivity index (χ0n) is 19.8.